The molecule has 1 aliphatic heterocycles. The Hall–Kier alpha value is -3.77. The molecule has 3 atom stereocenters. The number of hydrogen-bond donors (Lipinski definition) is 0. The van der Waals surface area contributed by atoms with Gasteiger partial charge in [-0.05, 0) is 43.7 Å². The summed E-state index contributed by atoms with van der Waals surface area (Å²) >= 11 is 0. The number of methoxy groups -OCH3 is 1. The molecule has 34 heavy (non-hydrogen) atoms. The highest BCUT2D eigenvalue weighted by Gasteiger charge is 2.38. The van der Waals surface area contributed by atoms with Crippen molar-refractivity contribution < 1.29 is 13.9 Å². The number of pyridine rings is 2. The average molecular weight is 464 g/mol. The summed E-state index contributed by atoms with van der Waals surface area (Å²) in [4.78, 5) is 34.1. The molecule has 2 aromatic heterocycles. The van der Waals surface area contributed by atoms with Crippen molar-refractivity contribution in [2.75, 3.05) is 25.1 Å². The fraction of sp³-hybridized carbons (Fsp3) is 0.360. The van der Waals surface area contributed by atoms with Crippen molar-refractivity contribution in [3.8, 4) is 6.07 Å². The molecule has 1 fully saturated rings. The quantitative estimate of drug-likeness (QED) is 0.550. The first-order valence-corrected chi connectivity index (χ1v) is 11.0. The van der Waals surface area contributed by atoms with Crippen molar-refractivity contribution in [2.24, 2.45) is 7.05 Å². The van der Waals surface area contributed by atoms with Crippen LogP contribution in [0.15, 0.2) is 47.3 Å². The number of carbonyl (C=O) groups is 1. The van der Waals surface area contributed by atoms with Gasteiger partial charge in [-0.1, -0.05) is 12.1 Å². The van der Waals surface area contributed by atoms with Gasteiger partial charge in [-0.15, -0.1) is 0 Å². The highest BCUT2D eigenvalue weighted by Crippen LogP contribution is 2.33. The van der Waals surface area contributed by atoms with Gasteiger partial charge in [-0.25, -0.2) is 14.2 Å². The Kier molecular flexibility index (Phi) is 6.35. The van der Waals surface area contributed by atoms with Crippen LogP contribution in [0.3, 0.4) is 0 Å². The lowest BCUT2D eigenvalue weighted by Crippen LogP contribution is -2.58. The molecule has 0 aliphatic carbocycles. The number of fused-ring (bicyclic) bond motifs is 1. The van der Waals surface area contributed by atoms with E-state index in [9.17, 15) is 19.2 Å². The topological polar surface area (TPSA) is 91.5 Å². The molecule has 1 aliphatic rings. The molecule has 1 unspecified atom stereocenters. The van der Waals surface area contributed by atoms with Gasteiger partial charge in [0.2, 0.25) is 0 Å². The Morgan fingerprint density at radius 3 is 2.53 bits per heavy atom. The summed E-state index contributed by atoms with van der Waals surface area (Å²) < 4.78 is 20.1. The van der Waals surface area contributed by atoms with E-state index >= 15 is 0 Å². The van der Waals surface area contributed by atoms with E-state index in [0.29, 0.717) is 35.4 Å². The number of rotatable bonds is 4. The lowest BCUT2D eigenvalue weighted by atomic mass is 9.99. The molecule has 0 bridgehead atoms. The minimum atomic E-state index is -0.686. The number of hydrogen-bond acceptors (Lipinski definition) is 7. The van der Waals surface area contributed by atoms with E-state index in [2.05, 4.69) is 16.0 Å². The zero-order chi connectivity index (χ0) is 24.6. The van der Waals surface area contributed by atoms with E-state index in [-0.39, 0.29) is 29.2 Å². The van der Waals surface area contributed by atoms with E-state index < -0.39 is 12.0 Å². The van der Waals surface area contributed by atoms with E-state index in [1.165, 1.54) is 23.8 Å². The first kappa shape index (κ1) is 23.4. The first-order valence-electron chi connectivity index (χ1n) is 11.0. The van der Waals surface area contributed by atoms with Crippen LogP contribution in [-0.4, -0.2) is 52.7 Å². The Labute approximate surface area is 196 Å². The molecule has 9 heteroatoms. The summed E-state index contributed by atoms with van der Waals surface area (Å²) in [5, 5.41) is 9.34. The molecule has 0 radical (unpaired) electrons. The summed E-state index contributed by atoms with van der Waals surface area (Å²) in [6, 6.07) is 11.9. The Morgan fingerprint density at radius 1 is 1.18 bits per heavy atom. The lowest BCUT2D eigenvalue weighted by molar-refractivity contribution is -0.148. The van der Waals surface area contributed by atoms with Gasteiger partial charge in [-0.3, -0.25) is 9.69 Å². The molecule has 3 heterocycles. The van der Waals surface area contributed by atoms with Crippen LogP contribution < -0.4 is 10.5 Å². The zero-order valence-electron chi connectivity index (χ0n) is 19.5. The minimum Gasteiger partial charge on any atom is -0.468 e. The SMILES string of the molecule is COC(=O)C(c1ccc(F)cc1)N1C[C@H](C)N(c2cc(=O)n(C)c3ccc(C#N)nc23)C[C@H]1C. The van der Waals surface area contributed by atoms with Crippen LogP contribution in [0.4, 0.5) is 10.1 Å². The number of anilines is 1. The second-order valence-corrected chi connectivity index (χ2v) is 8.63. The molecule has 1 saturated heterocycles. The van der Waals surface area contributed by atoms with Gasteiger partial charge < -0.3 is 14.2 Å². The van der Waals surface area contributed by atoms with Crippen molar-refractivity contribution in [2.45, 2.75) is 32.0 Å². The number of aromatic nitrogens is 2. The Morgan fingerprint density at radius 2 is 1.88 bits per heavy atom. The Balaban J connectivity index is 1.73. The van der Waals surface area contributed by atoms with Gasteiger partial charge >= 0.3 is 5.97 Å². The second kappa shape index (κ2) is 9.23. The zero-order valence-corrected chi connectivity index (χ0v) is 19.5. The van der Waals surface area contributed by atoms with Crippen molar-refractivity contribution in [3.05, 3.63) is 69.9 Å². The fourth-order valence-corrected chi connectivity index (χ4v) is 4.66. The molecule has 176 valence electrons. The molecular weight excluding hydrogens is 437 g/mol. The van der Waals surface area contributed by atoms with Gasteiger partial charge in [0.05, 0.1) is 18.3 Å². The van der Waals surface area contributed by atoms with Crippen molar-refractivity contribution >= 4 is 22.7 Å². The molecule has 1 aromatic carbocycles. The first-order chi connectivity index (χ1) is 16.2. The maximum Gasteiger partial charge on any atom is 0.327 e. The molecule has 0 N–H and O–H groups in total. The number of aryl methyl sites for hydroxylation is 1. The van der Waals surface area contributed by atoms with Crippen LogP contribution in [0, 0.1) is 17.1 Å². The summed E-state index contributed by atoms with van der Waals surface area (Å²) in [5.74, 6) is -0.793. The van der Waals surface area contributed by atoms with Crippen LogP contribution >= 0.6 is 0 Å². The molecule has 3 aromatic rings. The molecule has 8 nitrogen and oxygen atoms in total. The van der Waals surface area contributed by atoms with Crippen LogP contribution in [0.2, 0.25) is 0 Å². The summed E-state index contributed by atoms with van der Waals surface area (Å²) in [6.45, 7) is 5.01. The second-order valence-electron chi connectivity index (χ2n) is 8.63. The van der Waals surface area contributed by atoms with E-state index in [1.54, 1.807) is 37.4 Å². The van der Waals surface area contributed by atoms with Gasteiger partial charge in [0.15, 0.2) is 0 Å². The number of halogens is 1. The van der Waals surface area contributed by atoms with E-state index in [0.717, 1.165) is 0 Å². The Bertz CT molecular complexity index is 1330. The van der Waals surface area contributed by atoms with E-state index in [1.807, 2.05) is 18.7 Å². The maximum absolute atomic E-state index is 13.5. The molecular formula is C25H26FN5O3. The maximum atomic E-state index is 13.5. The number of esters is 1. The van der Waals surface area contributed by atoms with Gasteiger partial charge in [0.25, 0.3) is 5.56 Å². The number of benzene rings is 1. The minimum absolute atomic E-state index is 0.0911. The molecule has 4 rings (SSSR count). The highest BCUT2D eigenvalue weighted by atomic mass is 19.1. The normalized spacial score (nSPS) is 19.6. The van der Waals surface area contributed by atoms with Crippen LogP contribution in [0.5, 0.6) is 0 Å². The predicted octanol–water partition coefficient (Wildman–Crippen LogP) is 2.76. The van der Waals surface area contributed by atoms with Crippen LogP contribution in [0.1, 0.15) is 31.1 Å². The number of carbonyl (C=O) groups excluding carboxylic acids is 1. The largest absolute Gasteiger partial charge is 0.468 e. The monoisotopic (exact) mass is 463 g/mol. The number of nitrogens with zero attached hydrogens (tertiary/aromatic N) is 5. The summed E-state index contributed by atoms with van der Waals surface area (Å²) in [7, 11) is 3.02. The number of nitriles is 1. The average Bonchev–Trinajstić information content (AvgIpc) is 2.84. The number of ether oxygens (including phenoxy) is 1. The van der Waals surface area contributed by atoms with Gasteiger partial charge in [0, 0.05) is 38.3 Å². The summed E-state index contributed by atoms with van der Waals surface area (Å²) in [5.41, 5.74) is 2.63. The molecule has 0 spiro atoms. The third kappa shape index (κ3) is 4.13. The van der Waals surface area contributed by atoms with E-state index in [4.69, 9.17) is 4.74 Å². The standard InChI is InChI=1S/C25H26FN5O3/c1-15-14-31(24(25(33)34-4)17-5-7-18(26)8-6-17)16(2)13-30(15)21-11-22(32)29(3)20-10-9-19(12-27)28-23(20)21/h5-11,15-16,24H,13-14H2,1-4H3/t15-,16+,24?/m0/s1. The summed E-state index contributed by atoms with van der Waals surface area (Å²) in [6.07, 6.45) is 0. The van der Waals surface area contributed by atoms with Gasteiger partial charge in [0.1, 0.15) is 29.1 Å². The smallest absolute Gasteiger partial charge is 0.327 e. The van der Waals surface area contributed by atoms with Crippen LogP contribution in [-0.2, 0) is 16.6 Å². The molecule has 0 amide bonds. The van der Waals surface area contributed by atoms with Crippen molar-refractivity contribution in [3.63, 3.8) is 0 Å². The fourth-order valence-electron chi connectivity index (χ4n) is 4.66. The third-order valence-corrected chi connectivity index (χ3v) is 6.47. The van der Waals surface area contributed by atoms with Crippen molar-refractivity contribution in [1.29, 1.82) is 5.26 Å². The lowest BCUT2D eigenvalue weighted by Gasteiger charge is -2.47. The van der Waals surface area contributed by atoms with Crippen molar-refractivity contribution in [1.82, 2.24) is 14.5 Å². The molecule has 0 saturated carbocycles. The predicted molar refractivity (Wildman–Crippen MR) is 126 cm³/mol. The van der Waals surface area contributed by atoms with Gasteiger partial charge in [-0.2, -0.15) is 5.26 Å². The highest BCUT2D eigenvalue weighted by molar-refractivity contribution is 5.89. The number of piperazine rings is 1. The van der Waals surface area contributed by atoms with Crippen LogP contribution in [0.25, 0.3) is 11.0 Å². The third-order valence-electron chi connectivity index (χ3n) is 6.47.